The summed E-state index contributed by atoms with van der Waals surface area (Å²) in [5, 5.41) is 3.35. The Bertz CT molecular complexity index is 1410. The summed E-state index contributed by atoms with van der Waals surface area (Å²) in [4.78, 5) is 25.3. The molecular formula is C23H17FN6O. The number of nitrogens with two attached hydrogens (primary N) is 1. The molecule has 2 aromatic carbocycles. The van der Waals surface area contributed by atoms with Gasteiger partial charge in [-0.15, -0.1) is 0 Å². The summed E-state index contributed by atoms with van der Waals surface area (Å²) in [6.07, 6.45) is 3.94. The molecule has 0 bridgehead atoms. The number of aromatic nitrogens is 4. The second kappa shape index (κ2) is 7.49. The minimum Gasteiger partial charge on any atom is -0.369 e. The highest BCUT2D eigenvalue weighted by Gasteiger charge is 2.13. The molecular weight excluding hydrogens is 395 g/mol. The molecule has 0 fully saturated rings. The first kappa shape index (κ1) is 18.7. The van der Waals surface area contributed by atoms with Crippen LogP contribution in [-0.2, 0) is 6.42 Å². The Kier molecular flexibility index (Phi) is 4.51. The topological polar surface area (TPSA) is 98.2 Å². The van der Waals surface area contributed by atoms with Crippen LogP contribution in [0.3, 0.4) is 0 Å². The van der Waals surface area contributed by atoms with E-state index in [0.717, 1.165) is 11.3 Å². The third kappa shape index (κ3) is 3.55. The highest BCUT2D eigenvalue weighted by atomic mass is 19.1. The number of nitrogens with one attached hydrogen (secondary N) is 1. The Balaban J connectivity index is 1.40. The summed E-state index contributed by atoms with van der Waals surface area (Å²) < 4.78 is 15.8. The van der Waals surface area contributed by atoms with Crippen molar-refractivity contribution in [1.82, 2.24) is 19.4 Å². The lowest BCUT2D eigenvalue weighted by atomic mass is 10.1. The summed E-state index contributed by atoms with van der Waals surface area (Å²) in [6.45, 7) is 0. The first-order valence-electron chi connectivity index (χ1n) is 9.61. The van der Waals surface area contributed by atoms with Crippen LogP contribution in [0.4, 0.5) is 16.2 Å². The maximum Gasteiger partial charge on any atom is 0.256 e. The molecule has 5 aromatic rings. The number of amides is 1. The van der Waals surface area contributed by atoms with E-state index >= 15 is 0 Å². The van der Waals surface area contributed by atoms with Crippen LogP contribution < -0.4 is 11.1 Å². The van der Waals surface area contributed by atoms with Gasteiger partial charge in [0, 0.05) is 29.8 Å². The van der Waals surface area contributed by atoms with Crippen LogP contribution in [-0.4, -0.2) is 25.3 Å². The predicted molar refractivity (Wildman–Crippen MR) is 116 cm³/mol. The van der Waals surface area contributed by atoms with Crippen molar-refractivity contribution in [3.05, 3.63) is 95.7 Å². The lowest BCUT2D eigenvalue weighted by Gasteiger charge is -2.05. The van der Waals surface area contributed by atoms with E-state index in [0.29, 0.717) is 28.8 Å². The van der Waals surface area contributed by atoms with Gasteiger partial charge in [-0.25, -0.2) is 19.3 Å². The normalized spacial score (nSPS) is 11.1. The van der Waals surface area contributed by atoms with Crippen LogP contribution >= 0.6 is 0 Å². The Hall–Kier alpha value is -4.33. The van der Waals surface area contributed by atoms with Gasteiger partial charge < -0.3 is 11.1 Å². The number of hydrogen-bond acceptors (Lipinski definition) is 5. The van der Waals surface area contributed by atoms with Crippen molar-refractivity contribution in [1.29, 1.82) is 0 Å². The Morgan fingerprint density at radius 3 is 2.65 bits per heavy atom. The number of carbonyl (C=O) groups excluding carboxylic acids is 1. The number of imidazole rings is 1. The van der Waals surface area contributed by atoms with E-state index in [-0.39, 0.29) is 17.4 Å². The number of nitrogen functional groups attached to an aromatic ring is 1. The number of halogens is 1. The lowest BCUT2D eigenvalue weighted by molar-refractivity contribution is 0.102. The van der Waals surface area contributed by atoms with E-state index in [1.807, 2.05) is 12.1 Å². The first-order valence-corrected chi connectivity index (χ1v) is 9.61. The number of carbonyl (C=O) groups is 1. The largest absolute Gasteiger partial charge is 0.369 e. The Morgan fingerprint density at radius 2 is 1.87 bits per heavy atom. The van der Waals surface area contributed by atoms with Gasteiger partial charge in [0.05, 0.1) is 5.69 Å². The van der Waals surface area contributed by atoms with E-state index in [4.69, 9.17) is 5.73 Å². The molecule has 8 heteroatoms. The average Bonchev–Trinajstić information content (AvgIpc) is 3.20. The van der Waals surface area contributed by atoms with Crippen LogP contribution in [0.2, 0.25) is 0 Å². The van der Waals surface area contributed by atoms with Crippen molar-refractivity contribution < 1.29 is 9.18 Å². The van der Waals surface area contributed by atoms with Crippen molar-refractivity contribution in [3.8, 4) is 0 Å². The number of benzene rings is 2. The fourth-order valence-corrected chi connectivity index (χ4v) is 3.46. The van der Waals surface area contributed by atoms with Crippen LogP contribution in [0.5, 0.6) is 0 Å². The molecule has 0 spiro atoms. The molecule has 0 unspecified atom stereocenters. The number of hydrogen-bond donors (Lipinski definition) is 2. The number of para-hydroxylation sites is 1. The van der Waals surface area contributed by atoms with Gasteiger partial charge in [-0.05, 0) is 42.0 Å². The summed E-state index contributed by atoms with van der Waals surface area (Å²) in [7, 11) is 0. The van der Waals surface area contributed by atoms with Crippen molar-refractivity contribution in [2.24, 2.45) is 0 Å². The van der Waals surface area contributed by atoms with E-state index in [1.165, 1.54) is 6.07 Å². The van der Waals surface area contributed by atoms with E-state index in [2.05, 4.69) is 20.3 Å². The minimum absolute atomic E-state index is 0.174. The summed E-state index contributed by atoms with van der Waals surface area (Å²) in [5.41, 5.74) is 9.03. The van der Waals surface area contributed by atoms with Gasteiger partial charge in [0.15, 0.2) is 0 Å². The molecule has 0 saturated carbocycles. The Labute approximate surface area is 176 Å². The summed E-state index contributed by atoms with van der Waals surface area (Å²) in [6, 6.07) is 17.3. The minimum atomic E-state index is -0.434. The second-order valence-electron chi connectivity index (χ2n) is 7.07. The molecule has 31 heavy (non-hydrogen) atoms. The first-order chi connectivity index (χ1) is 15.1. The molecule has 0 atom stereocenters. The van der Waals surface area contributed by atoms with Gasteiger partial charge in [-0.1, -0.05) is 24.3 Å². The van der Waals surface area contributed by atoms with E-state index in [9.17, 15) is 9.18 Å². The monoisotopic (exact) mass is 412 g/mol. The molecule has 0 aliphatic rings. The maximum atomic E-state index is 14.1. The van der Waals surface area contributed by atoms with Crippen LogP contribution in [0, 0.1) is 5.82 Å². The van der Waals surface area contributed by atoms with Crippen molar-refractivity contribution in [2.75, 3.05) is 11.1 Å². The van der Waals surface area contributed by atoms with E-state index in [1.54, 1.807) is 59.3 Å². The quantitative estimate of drug-likeness (QED) is 0.467. The van der Waals surface area contributed by atoms with Crippen LogP contribution in [0.15, 0.2) is 73.1 Å². The average molecular weight is 412 g/mol. The maximum absolute atomic E-state index is 14.1. The molecule has 0 saturated heterocycles. The number of nitrogens with zero attached hydrogens (tertiary/aromatic N) is 4. The molecule has 0 aliphatic heterocycles. The molecule has 5 rings (SSSR count). The van der Waals surface area contributed by atoms with Crippen molar-refractivity contribution in [3.63, 3.8) is 0 Å². The molecule has 0 radical (unpaired) electrons. The van der Waals surface area contributed by atoms with Gasteiger partial charge >= 0.3 is 0 Å². The SMILES string of the molecule is Nc1nc2c(F)cccc2c2nc(Cc3ccc(C(=O)Nc4ccccn4)cc3)cn12. The highest BCUT2D eigenvalue weighted by Crippen LogP contribution is 2.23. The smallest absolute Gasteiger partial charge is 0.256 e. The number of fused-ring (bicyclic) bond motifs is 3. The molecule has 0 aliphatic carbocycles. The van der Waals surface area contributed by atoms with Crippen LogP contribution in [0.1, 0.15) is 21.6 Å². The predicted octanol–water partition coefficient (Wildman–Crippen LogP) is 3.84. The third-order valence-electron chi connectivity index (χ3n) is 4.96. The highest BCUT2D eigenvalue weighted by molar-refractivity contribution is 6.03. The molecule has 3 N–H and O–H groups in total. The van der Waals surface area contributed by atoms with Gasteiger partial charge in [-0.3, -0.25) is 9.20 Å². The molecule has 3 aromatic heterocycles. The second-order valence-corrected chi connectivity index (χ2v) is 7.07. The standard InChI is InChI=1S/C23H17FN6O/c24-18-5-3-4-17-20(18)29-23(25)30-13-16(27-21(17)30)12-14-7-9-15(10-8-14)22(31)28-19-6-1-2-11-26-19/h1-11,13H,12H2,(H2,25,29)(H,26,28,31). The van der Waals surface area contributed by atoms with Gasteiger partial charge in [0.2, 0.25) is 5.95 Å². The zero-order valence-corrected chi connectivity index (χ0v) is 16.3. The fourth-order valence-electron chi connectivity index (χ4n) is 3.46. The lowest BCUT2D eigenvalue weighted by Crippen LogP contribution is -2.12. The van der Waals surface area contributed by atoms with E-state index < -0.39 is 5.82 Å². The molecule has 3 heterocycles. The van der Waals surface area contributed by atoms with Gasteiger partial charge in [0.25, 0.3) is 5.91 Å². The summed E-state index contributed by atoms with van der Waals surface area (Å²) in [5.74, 6) is 0.00479. The summed E-state index contributed by atoms with van der Waals surface area (Å²) >= 11 is 0. The molecule has 152 valence electrons. The fraction of sp³-hybridized carbons (Fsp3) is 0.0435. The molecule has 7 nitrogen and oxygen atoms in total. The van der Waals surface area contributed by atoms with Gasteiger partial charge in [-0.2, -0.15) is 0 Å². The van der Waals surface area contributed by atoms with Crippen LogP contribution in [0.25, 0.3) is 16.6 Å². The van der Waals surface area contributed by atoms with Crippen molar-refractivity contribution in [2.45, 2.75) is 6.42 Å². The van der Waals surface area contributed by atoms with Crippen molar-refractivity contribution >= 4 is 34.2 Å². The zero-order chi connectivity index (χ0) is 21.4. The zero-order valence-electron chi connectivity index (χ0n) is 16.3. The molecule has 1 amide bonds. The van der Waals surface area contributed by atoms with Gasteiger partial charge in [0.1, 0.15) is 22.8 Å². The third-order valence-corrected chi connectivity index (χ3v) is 4.96. The number of pyridine rings is 1. The Morgan fingerprint density at radius 1 is 1.03 bits per heavy atom. The number of rotatable bonds is 4. The number of anilines is 2.